The quantitative estimate of drug-likeness (QED) is 0.643. The van der Waals surface area contributed by atoms with Crippen LogP contribution in [-0.2, 0) is 11.3 Å². The zero-order valence-electron chi connectivity index (χ0n) is 11.8. The number of aromatic nitrogens is 2. The van der Waals surface area contributed by atoms with E-state index in [0.29, 0.717) is 24.9 Å². The first-order valence-electron chi connectivity index (χ1n) is 6.70. The average Bonchev–Trinajstić information content (AvgIpc) is 2.40. The number of anilines is 2. The average molecular weight is 284 g/mol. The lowest BCUT2D eigenvalue weighted by Gasteiger charge is -2.08. The summed E-state index contributed by atoms with van der Waals surface area (Å²) in [4.78, 5) is 8.51. The minimum Gasteiger partial charge on any atom is -0.384 e. The van der Waals surface area contributed by atoms with E-state index in [0.717, 1.165) is 18.8 Å². The Kier molecular flexibility index (Phi) is 8.33. The zero-order chi connectivity index (χ0) is 13.9. The predicted octanol–water partition coefficient (Wildman–Crippen LogP) is 2.54. The molecule has 1 aromatic heterocycles. The number of hydrogen-bond donors (Lipinski definition) is 2. The fraction of sp³-hybridized carbons (Fsp3) is 0.692. The summed E-state index contributed by atoms with van der Waals surface area (Å²) in [6.45, 7) is 3.92. The van der Waals surface area contributed by atoms with Crippen molar-refractivity contribution in [1.82, 2.24) is 9.97 Å². The highest BCUT2D eigenvalue weighted by atomic mass is 32.2. The molecule has 1 aromatic rings. The molecule has 5 nitrogen and oxygen atoms in total. The standard InChI is InChI=1S/C13H24N4OS/c1-3-18-10-13-16-11(14)9-12(17-13)15-7-5-4-6-8-19-2/h9H,3-8,10H2,1-2H3,(H3,14,15,16,17). The summed E-state index contributed by atoms with van der Waals surface area (Å²) < 4.78 is 5.29. The minimum atomic E-state index is 0.407. The van der Waals surface area contributed by atoms with Gasteiger partial charge in [-0.05, 0) is 31.8 Å². The van der Waals surface area contributed by atoms with Crippen LogP contribution in [0.3, 0.4) is 0 Å². The van der Waals surface area contributed by atoms with Gasteiger partial charge in [-0.25, -0.2) is 9.97 Å². The van der Waals surface area contributed by atoms with Crippen molar-refractivity contribution in [1.29, 1.82) is 0 Å². The first-order chi connectivity index (χ1) is 9.26. The van der Waals surface area contributed by atoms with E-state index in [1.165, 1.54) is 18.6 Å². The molecule has 0 amide bonds. The Bertz CT molecular complexity index is 362. The molecule has 0 spiro atoms. The third-order valence-electron chi connectivity index (χ3n) is 2.56. The van der Waals surface area contributed by atoms with Gasteiger partial charge in [0.25, 0.3) is 0 Å². The second-order valence-corrected chi connectivity index (χ2v) is 5.20. The summed E-state index contributed by atoms with van der Waals surface area (Å²) in [7, 11) is 0. The van der Waals surface area contributed by atoms with Crippen molar-refractivity contribution >= 4 is 23.4 Å². The Morgan fingerprint density at radius 1 is 1.32 bits per heavy atom. The van der Waals surface area contributed by atoms with Gasteiger partial charge < -0.3 is 15.8 Å². The number of nitrogens with one attached hydrogen (secondary N) is 1. The smallest absolute Gasteiger partial charge is 0.158 e. The molecule has 0 aliphatic heterocycles. The van der Waals surface area contributed by atoms with Crippen LogP contribution in [0.15, 0.2) is 6.07 Å². The zero-order valence-corrected chi connectivity index (χ0v) is 12.6. The number of rotatable bonds is 10. The monoisotopic (exact) mass is 284 g/mol. The van der Waals surface area contributed by atoms with Gasteiger partial charge in [-0.15, -0.1) is 0 Å². The number of ether oxygens (including phenoxy) is 1. The molecule has 6 heteroatoms. The second-order valence-electron chi connectivity index (χ2n) is 4.21. The third-order valence-corrected chi connectivity index (χ3v) is 3.26. The largest absolute Gasteiger partial charge is 0.384 e. The van der Waals surface area contributed by atoms with Crippen molar-refractivity contribution in [2.45, 2.75) is 32.8 Å². The molecular weight excluding hydrogens is 260 g/mol. The molecule has 0 saturated heterocycles. The topological polar surface area (TPSA) is 73.1 Å². The molecule has 0 unspecified atom stereocenters. The van der Waals surface area contributed by atoms with Crippen LogP contribution in [0.5, 0.6) is 0 Å². The molecular formula is C13H24N4OS. The number of hydrogen-bond acceptors (Lipinski definition) is 6. The normalized spacial score (nSPS) is 10.6. The van der Waals surface area contributed by atoms with Crippen LogP contribution in [0.4, 0.5) is 11.6 Å². The molecule has 19 heavy (non-hydrogen) atoms. The van der Waals surface area contributed by atoms with Crippen LogP contribution >= 0.6 is 11.8 Å². The first kappa shape index (κ1) is 16.0. The number of nitrogen functional groups attached to an aromatic ring is 1. The molecule has 108 valence electrons. The van der Waals surface area contributed by atoms with E-state index in [2.05, 4.69) is 21.5 Å². The van der Waals surface area contributed by atoms with Crippen molar-refractivity contribution in [2.75, 3.05) is 36.2 Å². The molecule has 0 aromatic carbocycles. The van der Waals surface area contributed by atoms with Gasteiger partial charge in [-0.1, -0.05) is 6.42 Å². The van der Waals surface area contributed by atoms with Crippen molar-refractivity contribution in [3.63, 3.8) is 0 Å². The number of nitrogens with zero attached hydrogens (tertiary/aromatic N) is 2. The van der Waals surface area contributed by atoms with E-state index in [1.54, 1.807) is 6.07 Å². The molecule has 0 aliphatic carbocycles. The molecule has 0 bridgehead atoms. The van der Waals surface area contributed by atoms with Crippen LogP contribution < -0.4 is 11.1 Å². The number of thioether (sulfide) groups is 1. The van der Waals surface area contributed by atoms with E-state index in [9.17, 15) is 0 Å². The summed E-state index contributed by atoms with van der Waals surface area (Å²) in [6.07, 6.45) is 5.79. The van der Waals surface area contributed by atoms with Crippen LogP contribution in [0, 0.1) is 0 Å². The Hall–Kier alpha value is -1.01. The van der Waals surface area contributed by atoms with Gasteiger partial charge in [0, 0.05) is 19.2 Å². The number of unbranched alkanes of at least 4 members (excludes halogenated alkanes) is 2. The van der Waals surface area contributed by atoms with E-state index in [4.69, 9.17) is 10.5 Å². The lowest BCUT2D eigenvalue weighted by molar-refractivity contribution is 0.128. The van der Waals surface area contributed by atoms with E-state index >= 15 is 0 Å². The predicted molar refractivity (Wildman–Crippen MR) is 82.5 cm³/mol. The summed E-state index contributed by atoms with van der Waals surface area (Å²) in [5.41, 5.74) is 5.75. The van der Waals surface area contributed by atoms with Crippen molar-refractivity contribution in [3.8, 4) is 0 Å². The molecule has 0 saturated carbocycles. The maximum absolute atomic E-state index is 5.75. The maximum atomic E-state index is 5.75. The Morgan fingerprint density at radius 2 is 2.16 bits per heavy atom. The fourth-order valence-electron chi connectivity index (χ4n) is 1.63. The SMILES string of the molecule is CCOCc1nc(N)cc(NCCCCCSC)n1. The molecule has 1 heterocycles. The first-order valence-corrected chi connectivity index (χ1v) is 8.09. The summed E-state index contributed by atoms with van der Waals surface area (Å²) in [6, 6.07) is 1.76. The van der Waals surface area contributed by atoms with Crippen molar-refractivity contribution in [2.24, 2.45) is 0 Å². The minimum absolute atomic E-state index is 0.407. The van der Waals surface area contributed by atoms with E-state index in [1.807, 2.05) is 18.7 Å². The Balaban J connectivity index is 2.34. The molecule has 0 fully saturated rings. The van der Waals surface area contributed by atoms with Crippen LogP contribution in [0.1, 0.15) is 32.0 Å². The fourth-order valence-corrected chi connectivity index (χ4v) is 2.12. The van der Waals surface area contributed by atoms with Gasteiger partial charge in [0.05, 0.1) is 0 Å². The molecule has 0 aliphatic rings. The summed E-state index contributed by atoms with van der Waals surface area (Å²) >= 11 is 1.90. The van der Waals surface area contributed by atoms with Crippen molar-refractivity contribution in [3.05, 3.63) is 11.9 Å². The van der Waals surface area contributed by atoms with Gasteiger partial charge in [-0.2, -0.15) is 11.8 Å². The Labute approximate surface area is 119 Å². The van der Waals surface area contributed by atoms with E-state index < -0.39 is 0 Å². The highest BCUT2D eigenvalue weighted by Crippen LogP contribution is 2.10. The molecule has 3 N–H and O–H groups in total. The lowest BCUT2D eigenvalue weighted by atomic mass is 10.2. The Morgan fingerprint density at radius 3 is 2.89 bits per heavy atom. The van der Waals surface area contributed by atoms with Crippen molar-refractivity contribution < 1.29 is 4.74 Å². The molecule has 1 rings (SSSR count). The van der Waals surface area contributed by atoms with Gasteiger partial charge in [0.1, 0.15) is 18.2 Å². The van der Waals surface area contributed by atoms with Crippen LogP contribution in [0.25, 0.3) is 0 Å². The number of nitrogens with two attached hydrogens (primary N) is 1. The highest BCUT2D eigenvalue weighted by molar-refractivity contribution is 7.98. The van der Waals surface area contributed by atoms with E-state index in [-0.39, 0.29) is 0 Å². The second kappa shape index (κ2) is 9.86. The van der Waals surface area contributed by atoms with Crippen LogP contribution in [0.2, 0.25) is 0 Å². The third kappa shape index (κ3) is 7.22. The summed E-state index contributed by atoms with van der Waals surface area (Å²) in [5, 5.41) is 3.29. The van der Waals surface area contributed by atoms with Gasteiger partial charge in [-0.3, -0.25) is 0 Å². The maximum Gasteiger partial charge on any atom is 0.158 e. The van der Waals surface area contributed by atoms with Gasteiger partial charge in [0.15, 0.2) is 5.82 Å². The summed E-state index contributed by atoms with van der Waals surface area (Å²) in [5.74, 6) is 3.13. The molecule has 0 atom stereocenters. The van der Waals surface area contributed by atoms with Crippen LogP contribution in [-0.4, -0.2) is 35.1 Å². The van der Waals surface area contributed by atoms with Gasteiger partial charge in [0.2, 0.25) is 0 Å². The highest BCUT2D eigenvalue weighted by Gasteiger charge is 2.02. The van der Waals surface area contributed by atoms with Gasteiger partial charge >= 0.3 is 0 Å². The molecule has 0 radical (unpaired) electrons. The lowest BCUT2D eigenvalue weighted by Crippen LogP contribution is -2.08.